The third kappa shape index (κ3) is 29.1. The first-order valence-corrected chi connectivity index (χ1v) is 18.8. The number of carbonyl (C=O) groups is 1. The molecule has 0 rings (SSSR count). The van der Waals surface area contributed by atoms with E-state index in [2.05, 4.69) is 33.0 Å². The van der Waals surface area contributed by atoms with Crippen molar-refractivity contribution in [1.82, 2.24) is 5.32 Å². The van der Waals surface area contributed by atoms with E-state index in [0.717, 1.165) is 50.4 Å². The van der Waals surface area contributed by atoms with Crippen molar-refractivity contribution in [3.8, 4) is 0 Å². The van der Waals surface area contributed by atoms with E-state index in [9.17, 15) is 28.0 Å². The van der Waals surface area contributed by atoms with Crippen LogP contribution in [0.1, 0.15) is 163 Å². The van der Waals surface area contributed by atoms with Crippen LogP contribution in [-0.2, 0) is 14.9 Å². The zero-order chi connectivity index (χ0) is 31.6. The summed E-state index contributed by atoms with van der Waals surface area (Å²) in [6, 6.07) is -1.17. The molecule has 7 nitrogen and oxygen atoms in total. The van der Waals surface area contributed by atoms with E-state index in [-0.39, 0.29) is 6.42 Å². The molecule has 1 amide bonds. The molecule has 3 unspecified atom stereocenters. The molecule has 0 aliphatic carbocycles. The molecule has 0 aromatic rings. The Morgan fingerprint density at radius 1 is 0.667 bits per heavy atom. The number of aliphatic hydroxyl groups excluding tert-OH is 2. The standard InChI is InChI=1S/C34H67NO6S/c1-29(2)23-19-15-11-7-5-9-13-17-21-25-31(36)27-34(38)35-32(28-42(39,40)41)33(37)26-22-18-14-10-6-8-12-16-20-24-30(3)4/h22,26,29-33,36-37H,5-21,23-25,27-28H2,1-4H3,(H,35,38)(H,39,40,41). The van der Waals surface area contributed by atoms with Gasteiger partial charge in [-0.2, -0.15) is 8.42 Å². The molecule has 0 fully saturated rings. The van der Waals surface area contributed by atoms with Crippen LogP contribution in [0.2, 0.25) is 0 Å². The molecule has 0 bridgehead atoms. The number of unbranched alkanes of at least 4 members (excludes halogenated alkanes) is 15. The van der Waals surface area contributed by atoms with Crippen molar-refractivity contribution in [3.05, 3.63) is 12.2 Å². The van der Waals surface area contributed by atoms with Crippen LogP contribution in [0.25, 0.3) is 0 Å². The molecule has 8 heteroatoms. The minimum atomic E-state index is -4.41. The van der Waals surface area contributed by atoms with Crippen LogP contribution in [0.15, 0.2) is 12.2 Å². The molecule has 0 aliphatic heterocycles. The Morgan fingerprint density at radius 3 is 1.50 bits per heavy atom. The van der Waals surface area contributed by atoms with E-state index < -0.39 is 40.0 Å². The number of hydrogen-bond donors (Lipinski definition) is 4. The summed E-state index contributed by atoms with van der Waals surface area (Å²) in [5, 5.41) is 23.3. The second-order valence-electron chi connectivity index (χ2n) is 13.3. The lowest BCUT2D eigenvalue weighted by atomic mass is 10.0. The van der Waals surface area contributed by atoms with Crippen molar-refractivity contribution >= 4 is 16.0 Å². The van der Waals surface area contributed by atoms with Crippen LogP contribution in [0.4, 0.5) is 0 Å². The minimum absolute atomic E-state index is 0.160. The average Bonchev–Trinajstić information content (AvgIpc) is 2.88. The number of allylic oxidation sites excluding steroid dienone is 1. The van der Waals surface area contributed by atoms with Crippen LogP contribution in [0.3, 0.4) is 0 Å². The predicted molar refractivity (Wildman–Crippen MR) is 176 cm³/mol. The highest BCUT2D eigenvalue weighted by atomic mass is 32.2. The number of nitrogens with one attached hydrogen (secondary N) is 1. The Kier molecular flexibility index (Phi) is 25.8. The number of amides is 1. The summed E-state index contributed by atoms with van der Waals surface area (Å²) in [6.45, 7) is 9.06. The second-order valence-corrected chi connectivity index (χ2v) is 14.8. The predicted octanol–water partition coefficient (Wildman–Crippen LogP) is 8.14. The van der Waals surface area contributed by atoms with Crippen LogP contribution in [-0.4, -0.2) is 53.1 Å². The molecule has 0 aromatic carbocycles. The lowest BCUT2D eigenvalue weighted by molar-refractivity contribution is -0.124. The van der Waals surface area contributed by atoms with E-state index in [1.54, 1.807) is 6.08 Å². The summed E-state index contributed by atoms with van der Waals surface area (Å²) in [5.41, 5.74) is 0. The van der Waals surface area contributed by atoms with Gasteiger partial charge in [0, 0.05) is 0 Å². The van der Waals surface area contributed by atoms with Gasteiger partial charge in [0.25, 0.3) is 10.1 Å². The Labute approximate surface area is 259 Å². The van der Waals surface area contributed by atoms with E-state index in [1.165, 1.54) is 89.5 Å². The van der Waals surface area contributed by atoms with E-state index in [1.807, 2.05) is 0 Å². The van der Waals surface area contributed by atoms with Crippen LogP contribution >= 0.6 is 0 Å². The van der Waals surface area contributed by atoms with Crippen molar-refractivity contribution in [2.75, 3.05) is 5.75 Å². The highest BCUT2D eigenvalue weighted by Crippen LogP contribution is 2.15. The van der Waals surface area contributed by atoms with Gasteiger partial charge in [-0.3, -0.25) is 9.35 Å². The molecule has 0 aromatic heterocycles. The third-order valence-corrected chi connectivity index (χ3v) is 8.65. The van der Waals surface area contributed by atoms with Crippen molar-refractivity contribution in [1.29, 1.82) is 0 Å². The maximum absolute atomic E-state index is 12.5. The van der Waals surface area contributed by atoms with Crippen molar-refractivity contribution < 1.29 is 28.0 Å². The quantitative estimate of drug-likeness (QED) is 0.0382. The normalized spacial score (nSPS) is 14.6. The first-order chi connectivity index (χ1) is 19.9. The largest absolute Gasteiger partial charge is 0.393 e. The SMILES string of the molecule is CC(C)CCCCCCCCCC=CC(O)C(CS(=O)(=O)O)NC(=O)CC(O)CCCCCCCCCCCC(C)C. The molecule has 42 heavy (non-hydrogen) atoms. The molecule has 0 saturated carbocycles. The number of carbonyl (C=O) groups excluding carboxylic acids is 1. The first kappa shape index (κ1) is 41.0. The van der Waals surface area contributed by atoms with Gasteiger partial charge in [0.15, 0.2) is 0 Å². The maximum atomic E-state index is 12.5. The summed E-state index contributed by atoms with van der Waals surface area (Å²) in [6.07, 6.45) is 24.0. The van der Waals surface area contributed by atoms with Crippen LogP contribution in [0.5, 0.6) is 0 Å². The van der Waals surface area contributed by atoms with Gasteiger partial charge >= 0.3 is 0 Å². The smallest absolute Gasteiger partial charge is 0.267 e. The van der Waals surface area contributed by atoms with E-state index in [4.69, 9.17) is 0 Å². The molecule has 0 radical (unpaired) electrons. The topological polar surface area (TPSA) is 124 Å². The second kappa shape index (κ2) is 26.4. The molecule has 0 spiro atoms. The van der Waals surface area contributed by atoms with Crippen molar-refractivity contribution in [2.45, 2.75) is 181 Å². The van der Waals surface area contributed by atoms with Crippen molar-refractivity contribution in [3.63, 3.8) is 0 Å². The van der Waals surface area contributed by atoms with Gasteiger partial charge in [0.2, 0.25) is 5.91 Å². The number of hydrogen-bond acceptors (Lipinski definition) is 5. The van der Waals surface area contributed by atoms with Gasteiger partial charge < -0.3 is 15.5 Å². The molecular weight excluding hydrogens is 550 g/mol. The highest BCUT2D eigenvalue weighted by molar-refractivity contribution is 7.85. The Hall–Kier alpha value is -0.960. The zero-order valence-electron chi connectivity index (χ0n) is 27.6. The summed E-state index contributed by atoms with van der Waals surface area (Å²) in [5.74, 6) is 0.253. The Morgan fingerprint density at radius 2 is 1.07 bits per heavy atom. The lowest BCUT2D eigenvalue weighted by Crippen LogP contribution is -2.47. The minimum Gasteiger partial charge on any atom is -0.393 e. The van der Waals surface area contributed by atoms with Gasteiger partial charge in [-0.15, -0.1) is 0 Å². The summed E-state index contributed by atoms with van der Waals surface area (Å²) in [7, 11) is -4.41. The van der Waals surface area contributed by atoms with Gasteiger partial charge in [0.05, 0.1) is 30.4 Å². The Bertz CT molecular complexity index is 768. The summed E-state index contributed by atoms with van der Waals surface area (Å²) in [4.78, 5) is 12.5. The molecule has 0 aliphatic rings. The van der Waals surface area contributed by atoms with Crippen LogP contribution < -0.4 is 5.32 Å². The molecule has 0 heterocycles. The summed E-state index contributed by atoms with van der Waals surface area (Å²) < 4.78 is 32.3. The fourth-order valence-corrected chi connectivity index (χ4v) is 6.01. The molecule has 0 saturated heterocycles. The van der Waals surface area contributed by atoms with Crippen LogP contribution in [0, 0.1) is 11.8 Å². The van der Waals surface area contributed by atoms with Gasteiger partial charge in [-0.05, 0) is 31.1 Å². The van der Waals surface area contributed by atoms with E-state index >= 15 is 0 Å². The number of rotatable bonds is 29. The maximum Gasteiger partial charge on any atom is 0.267 e. The van der Waals surface area contributed by atoms with Gasteiger partial charge in [0.1, 0.15) is 0 Å². The molecule has 4 N–H and O–H groups in total. The fourth-order valence-electron chi connectivity index (χ4n) is 5.27. The Balaban J connectivity index is 4.17. The number of aliphatic hydroxyl groups is 2. The zero-order valence-corrected chi connectivity index (χ0v) is 28.4. The van der Waals surface area contributed by atoms with E-state index in [0.29, 0.717) is 6.42 Å². The highest BCUT2D eigenvalue weighted by Gasteiger charge is 2.25. The van der Waals surface area contributed by atoms with Crippen molar-refractivity contribution in [2.24, 2.45) is 11.8 Å². The molecular formula is C34H67NO6S. The third-order valence-electron chi connectivity index (χ3n) is 7.87. The lowest BCUT2D eigenvalue weighted by Gasteiger charge is -2.22. The monoisotopic (exact) mass is 617 g/mol. The summed E-state index contributed by atoms with van der Waals surface area (Å²) >= 11 is 0. The van der Waals surface area contributed by atoms with Gasteiger partial charge in [-0.25, -0.2) is 0 Å². The van der Waals surface area contributed by atoms with Gasteiger partial charge in [-0.1, -0.05) is 149 Å². The molecule has 250 valence electrons. The average molecular weight is 618 g/mol. The first-order valence-electron chi connectivity index (χ1n) is 17.2. The molecule has 3 atom stereocenters. The fraction of sp³-hybridized carbons (Fsp3) is 0.912.